The largest absolute Gasteiger partial charge is 0.467 e. The average molecular weight is 232 g/mol. The van der Waals surface area contributed by atoms with Crippen molar-refractivity contribution in [1.29, 1.82) is 0 Å². The van der Waals surface area contributed by atoms with Gasteiger partial charge in [0.05, 0.1) is 13.3 Å². The number of nitrogens with one attached hydrogen (secondary N) is 1. The highest BCUT2D eigenvalue weighted by molar-refractivity contribution is 6.32. The zero-order chi connectivity index (χ0) is 11.3. The van der Waals surface area contributed by atoms with E-state index in [-0.39, 0.29) is 18.5 Å². The number of aromatic nitrogens is 2. The molecule has 15 heavy (non-hydrogen) atoms. The van der Waals surface area contributed by atoms with E-state index in [1.165, 1.54) is 13.3 Å². The molecule has 2 N–H and O–H groups in total. The quantitative estimate of drug-likeness (QED) is 0.797. The molecule has 0 saturated heterocycles. The van der Waals surface area contributed by atoms with Crippen molar-refractivity contribution in [3.63, 3.8) is 0 Å². The van der Waals surface area contributed by atoms with Crippen molar-refractivity contribution in [3.05, 3.63) is 11.2 Å². The molecule has 0 radical (unpaired) electrons. The molecule has 0 saturated carbocycles. The molecule has 0 aliphatic rings. The Morgan fingerprint density at radius 2 is 2.40 bits per heavy atom. The number of halogens is 1. The molecule has 1 heterocycles. The van der Waals surface area contributed by atoms with Crippen LogP contribution in [-0.2, 0) is 0 Å². The fourth-order valence-electron chi connectivity index (χ4n) is 0.909. The van der Waals surface area contributed by atoms with Gasteiger partial charge in [0.2, 0.25) is 0 Å². The lowest BCUT2D eigenvalue weighted by molar-refractivity contribution is 0.244. The van der Waals surface area contributed by atoms with Gasteiger partial charge >= 0.3 is 6.01 Å². The van der Waals surface area contributed by atoms with E-state index in [0.29, 0.717) is 17.4 Å². The number of methoxy groups -OCH3 is 1. The number of rotatable bonds is 5. The predicted octanol–water partition coefficient (Wildman–Crippen LogP) is 1.18. The minimum Gasteiger partial charge on any atom is -0.467 e. The zero-order valence-corrected chi connectivity index (χ0v) is 9.45. The van der Waals surface area contributed by atoms with E-state index in [4.69, 9.17) is 21.4 Å². The van der Waals surface area contributed by atoms with E-state index in [0.717, 1.165) is 0 Å². The van der Waals surface area contributed by atoms with Gasteiger partial charge in [-0.1, -0.05) is 18.5 Å². The van der Waals surface area contributed by atoms with E-state index in [2.05, 4.69) is 15.3 Å². The lowest BCUT2D eigenvalue weighted by atomic mass is 10.2. The zero-order valence-electron chi connectivity index (χ0n) is 8.70. The Morgan fingerprint density at radius 3 is 3.00 bits per heavy atom. The summed E-state index contributed by atoms with van der Waals surface area (Å²) >= 11 is 5.87. The highest BCUT2D eigenvalue weighted by Crippen LogP contribution is 2.20. The molecule has 0 bridgehead atoms. The number of hydrogen-bond donors (Lipinski definition) is 2. The van der Waals surface area contributed by atoms with Crippen molar-refractivity contribution in [2.45, 2.75) is 6.92 Å². The molecule has 0 aliphatic carbocycles. The molecule has 0 aromatic carbocycles. The molecule has 0 aliphatic heterocycles. The lowest BCUT2D eigenvalue weighted by Gasteiger charge is -2.11. The summed E-state index contributed by atoms with van der Waals surface area (Å²) in [7, 11) is 1.49. The first-order valence-corrected chi connectivity index (χ1v) is 4.96. The van der Waals surface area contributed by atoms with Crippen molar-refractivity contribution in [3.8, 4) is 6.01 Å². The molecule has 1 atom stereocenters. The van der Waals surface area contributed by atoms with E-state index >= 15 is 0 Å². The van der Waals surface area contributed by atoms with Gasteiger partial charge in [0, 0.05) is 13.2 Å². The van der Waals surface area contributed by atoms with Crippen LogP contribution < -0.4 is 10.1 Å². The second-order valence-corrected chi connectivity index (χ2v) is 3.63. The first-order chi connectivity index (χ1) is 7.17. The molecule has 84 valence electrons. The number of ether oxygens (including phenoxy) is 1. The third-order valence-electron chi connectivity index (χ3n) is 1.83. The fourth-order valence-corrected chi connectivity index (χ4v) is 1.07. The third-order valence-corrected chi connectivity index (χ3v) is 2.11. The van der Waals surface area contributed by atoms with Gasteiger partial charge in [-0.05, 0) is 5.92 Å². The summed E-state index contributed by atoms with van der Waals surface area (Å²) in [6.45, 7) is 2.63. The monoisotopic (exact) mass is 231 g/mol. The topological polar surface area (TPSA) is 67.3 Å². The number of aliphatic hydroxyl groups excluding tert-OH is 1. The Bertz CT molecular complexity index is 322. The van der Waals surface area contributed by atoms with Crippen LogP contribution in [0.3, 0.4) is 0 Å². The van der Waals surface area contributed by atoms with Crippen molar-refractivity contribution in [2.75, 3.05) is 25.6 Å². The van der Waals surface area contributed by atoms with Crippen LogP contribution in [0, 0.1) is 5.92 Å². The SMILES string of the molecule is COc1ncc(Cl)c(NCC(C)CO)n1. The average Bonchev–Trinajstić information content (AvgIpc) is 2.27. The van der Waals surface area contributed by atoms with Crippen molar-refractivity contribution >= 4 is 17.4 Å². The summed E-state index contributed by atoms with van der Waals surface area (Å²) in [5, 5.41) is 12.3. The van der Waals surface area contributed by atoms with Crippen molar-refractivity contribution in [2.24, 2.45) is 5.92 Å². The molecule has 0 amide bonds. The van der Waals surface area contributed by atoms with E-state index in [1.807, 2.05) is 6.92 Å². The van der Waals surface area contributed by atoms with Gasteiger partial charge in [-0.25, -0.2) is 4.98 Å². The molecule has 0 fully saturated rings. The molecule has 5 nitrogen and oxygen atoms in total. The summed E-state index contributed by atoms with van der Waals surface area (Å²) in [6.07, 6.45) is 1.47. The Hall–Kier alpha value is -1.07. The fraction of sp³-hybridized carbons (Fsp3) is 0.556. The minimum absolute atomic E-state index is 0.118. The van der Waals surface area contributed by atoms with Gasteiger partial charge in [-0.3, -0.25) is 0 Å². The molecule has 1 aromatic heterocycles. The van der Waals surface area contributed by atoms with Crippen LogP contribution in [0.1, 0.15) is 6.92 Å². The Labute approximate surface area is 93.5 Å². The minimum atomic E-state index is 0.118. The smallest absolute Gasteiger partial charge is 0.318 e. The summed E-state index contributed by atoms with van der Waals surface area (Å²) in [6, 6.07) is 0.263. The normalized spacial score (nSPS) is 12.3. The maximum Gasteiger partial charge on any atom is 0.318 e. The number of anilines is 1. The van der Waals surface area contributed by atoms with Gasteiger partial charge in [0.25, 0.3) is 0 Å². The summed E-state index contributed by atoms with van der Waals surface area (Å²) in [5.41, 5.74) is 0. The van der Waals surface area contributed by atoms with Crippen LogP contribution in [-0.4, -0.2) is 35.3 Å². The van der Waals surface area contributed by atoms with Gasteiger partial charge in [-0.2, -0.15) is 4.98 Å². The molecule has 1 unspecified atom stereocenters. The van der Waals surface area contributed by atoms with Crippen LogP contribution in [0.5, 0.6) is 6.01 Å². The maximum absolute atomic E-state index is 8.85. The standard InChI is InChI=1S/C9H14ClN3O2/c1-6(5-14)3-11-8-7(10)4-12-9(13-8)15-2/h4,6,14H,3,5H2,1-2H3,(H,11,12,13). The Kier molecular flexibility index (Phi) is 4.58. The molecular formula is C9H14ClN3O2. The summed E-state index contributed by atoms with van der Waals surface area (Å²) < 4.78 is 4.87. The second-order valence-electron chi connectivity index (χ2n) is 3.22. The van der Waals surface area contributed by atoms with Crippen molar-refractivity contribution in [1.82, 2.24) is 9.97 Å². The molecular weight excluding hydrogens is 218 g/mol. The first-order valence-electron chi connectivity index (χ1n) is 4.58. The number of nitrogens with zero attached hydrogens (tertiary/aromatic N) is 2. The molecule has 1 aromatic rings. The third kappa shape index (κ3) is 3.53. The number of hydrogen-bond acceptors (Lipinski definition) is 5. The molecule has 6 heteroatoms. The van der Waals surface area contributed by atoms with Gasteiger partial charge in [0.15, 0.2) is 5.82 Å². The van der Waals surface area contributed by atoms with Gasteiger partial charge in [0.1, 0.15) is 5.02 Å². The summed E-state index contributed by atoms with van der Waals surface area (Å²) in [4.78, 5) is 7.89. The lowest BCUT2D eigenvalue weighted by Crippen LogP contribution is -2.15. The van der Waals surface area contributed by atoms with E-state index < -0.39 is 0 Å². The molecule has 0 spiro atoms. The first kappa shape index (κ1) is 12.0. The predicted molar refractivity (Wildman–Crippen MR) is 58.3 cm³/mol. The van der Waals surface area contributed by atoms with Crippen molar-refractivity contribution < 1.29 is 9.84 Å². The second kappa shape index (κ2) is 5.72. The Morgan fingerprint density at radius 1 is 1.67 bits per heavy atom. The Balaban J connectivity index is 2.66. The van der Waals surface area contributed by atoms with Crippen LogP contribution >= 0.6 is 11.6 Å². The summed E-state index contributed by atoms with van der Waals surface area (Å²) in [5.74, 6) is 0.658. The highest BCUT2D eigenvalue weighted by atomic mass is 35.5. The van der Waals surface area contributed by atoms with Gasteiger partial charge in [-0.15, -0.1) is 0 Å². The van der Waals surface area contributed by atoms with Gasteiger partial charge < -0.3 is 15.2 Å². The van der Waals surface area contributed by atoms with Crippen LogP contribution in [0.2, 0.25) is 5.02 Å². The number of aliphatic hydroxyl groups is 1. The highest BCUT2D eigenvalue weighted by Gasteiger charge is 2.06. The van der Waals surface area contributed by atoms with Crippen LogP contribution in [0.4, 0.5) is 5.82 Å². The van der Waals surface area contributed by atoms with E-state index in [9.17, 15) is 0 Å². The maximum atomic E-state index is 8.85. The van der Waals surface area contributed by atoms with E-state index in [1.54, 1.807) is 0 Å². The molecule has 1 rings (SSSR count). The van der Waals surface area contributed by atoms with Crippen LogP contribution in [0.25, 0.3) is 0 Å². The van der Waals surface area contributed by atoms with Crippen LogP contribution in [0.15, 0.2) is 6.20 Å².